The number of nitriles is 1. The number of aliphatic hydroxyl groups is 1. The van der Waals surface area contributed by atoms with Gasteiger partial charge in [-0.05, 0) is 37.8 Å². The number of anilines is 1. The molecule has 0 radical (unpaired) electrons. The molecule has 2 atom stereocenters. The molecule has 3 rings (SSSR count). The summed E-state index contributed by atoms with van der Waals surface area (Å²) in [5.41, 5.74) is 0.263. The minimum atomic E-state index is -0.163. The van der Waals surface area contributed by atoms with Crippen LogP contribution < -0.4 is 5.32 Å². The summed E-state index contributed by atoms with van der Waals surface area (Å²) in [6.07, 6.45) is 6.32. The second-order valence-electron chi connectivity index (χ2n) is 6.51. The van der Waals surface area contributed by atoms with Gasteiger partial charge in [0.2, 0.25) is 0 Å². The van der Waals surface area contributed by atoms with Gasteiger partial charge in [-0.15, -0.1) is 0 Å². The number of pyridine rings is 1. The van der Waals surface area contributed by atoms with Gasteiger partial charge in [0, 0.05) is 25.2 Å². The Morgan fingerprint density at radius 2 is 1.96 bits per heavy atom. The highest BCUT2D eigenvalue weighted by atomic mass is 35.5. The molecular weight excluding hydrogens is 312 g/mol. The zero-order valence-electron chi connectivity index (χ0n) is 13.2. The molecule has 6 heteroatoms. The first kappa shape index (κ1) is 16.5. The van der Waals surface area contributed by atoms with Gasteiger partial charge in [0.15, 0.2) is 5.69 Å². The lowest BCUT2D eigenvalue weighted by molar-refractivity contribution is 0.00992. The fourth-order valence-electron chi connectivity index (χ4n) is 3.70. The van der Waals surface area contributed by atoms with Gasteiger partial charge in [0.25, 0.3) is 0 Å². The molecular formula is C17H23ClN4O. The lowest BCUT2D eigenvalue weighted by atomic mass is 9.89. The number of piperidine rings is 1. The smallest absolute Gasteiger partial charge is 0.161 e. The van der Waals surface area contributed by atoms with Crippen LogP contribution in [0.25, 0.3) is 0 Å². The minimum Gasteiger partial charge on any atom is -0.391 e. The van der Waals surface area contributed by atoms with Gasteiger partial charge in [-0.2, -0.15) is 5.26 Å². The molecule has 0 spiro atoms. The van der Waals surface area contributed by atoms with Gasteiger partial charge in [-0.3, -0.25) is 4.90 Å². The summed E-state index contributed by atoms with van der Waals surface area (Å²) >= 11 is 5.91. The van der Waals surface area contributed by atoms with Crippen molar-refractivity contribution in [2.24, 2.45) is 0 Å². The van der Waals surface area contributed by atoms with Crippen molar-refractivity contribution in [3.8, 4) is 6.07 Å². The summed E-state index contributed by atoms with van der Waals surface area (Å²) in [6, 6.07) is 6.23. The van der Waals surface area contributed by atoms with Crippen LogP contribution in [-0.2, 0) is 0 Å². The number of aromatic nitrogens is 1. The average Bonchev–Trinajstić information content (AvgIpc) is 2.58. The molecule has 0 amide bonds. The molecule has 2 N–H and O–H groups in total. The number of nitrogens with zero attached hydrogens (tertiary/aromatic N) is 3. The molecule has 2 unspecified atom stereocenters. The van der Waals surface area contributed by atoms with E-state index in [9.17, 15) is 5.11 Å². The van der Waals surface area contributed by atoms with E-state index in [-0.39, 0.29) is 11.8 Å². The van der Waals surface area contributed by atoms with Gasteiger partial charge in [-0.25, -0.2) is 4.98 Å². The first-order chi connectivity index (χ1) is 11.2. The number of nitrogens with one attached hydrogen (secondary N) is 1. The zero-order valence-corrected chi connectivity index (χ0v) is 14.0. The fourth-order valence-corrected chi connectivity index (χ4v) is 3.85. The highest BCUT2D eigenvalue weighted by Gasteiger charge is 2.31. The third-order valence-corrected chi connectivity index (χ3v) is 5.30. The molecule has 1 aliphatic carbocycles. The third-order valence-electron chi connectivity index (χ3n) is 5.00. The van der Waals surface area contributed by atoms with Crippen LogP contribution >= 0.6 is 11.6 Å². The first-order valence-corrected chi connectivity index (χ1v) is 8.80. The van der Waals surface area contributed by atoms with Crippen molar-refractivity contribution in [2.75, 3.05) is 18.4 Å². The topological polar surface area (TPSA) is 72.2 Å². The Kier molecular flexibility index (Phi) is 5.37. The van der Waals surface area contributed by atoms with E-state index in [0.29, 0.717) is 22.9 Å². The number of aliphatic hydroxyl groups excluding tert-OH is 1. The maximum Gasteiger partial charge on any atom is 0.161 e. The Hall–Kier alpha value is -1.35. The van der Waals surface area contributed by atoms with Crippen molar-refractivity contribution < 1.29 is 5.11 Å². The van der Waals surface area contributed by atoms with Gasteiger partial charge in [-0.1, -0.05) is 24.4 Å². The number of hydrogen-bond acceptors (Lipinski definition) is 5. The Morgan fingerprint density at radius 1 is 1.22 bits per heavy atom. The lowest BCUT2D eigenvalue weighted by Gasteiger charge is -2.41. The first-order valence-electron chi connectivity index (χ1n) is 8.42. The Balaban J connectivity index is 1.54. The minimum absolute atomic E-state index is 0.163. The molecule has 2 heterocycles. The second kappa shape index (κ2) is 7.48. The van der Waals surface area contributed by atoms with E-state index in [1.54, 1.807) is 6.07 Å². The van der Waals surface area contributed by atoms with Crippen LogP contribution in [0.3, 0.4) is 0 Å². The summed E-state index contributed by atoms with van der Waals surface area (Å²) in [4.78, 5) is 6.69. The van der Waals surface area contributed by atoms with E-state index in [4.69, 9.17) is 16.9 Å². The Labute approximate surface area is 142 Å². The lowest BCUT2D eigenvalue weighted by Crippen LogP contribution is -2.50. The summed E-state index contributed by atoms with van der Waals surface area (Å²) in [7, 11) is 0. The molecule has 124 valence electrons. The predicted octanol–water partition coefficient (Wildman–Crippen LogP) is 2.79. The van der Waals surface area contributed by atoms with E-state index < -0.39 is 0 Å². The van der Waals surface area contributed by atoms with Crippen molar-refractivity contribution >= 4 is 17.4 Å². The predicted molar refractivity (Wildman–Crippen MR) is 90.4 cm³/mol. The Morgan fingerprint density at radius 3 is 2.65 bits per heavy atom. The van der Waals surface area contributed by atoms with Gasteiger partial charge in [0.05, 0.1) is 11.1 Å². The highest BCUT2D eigenvalue weighted by Crippen LogP contribution is 2.27. The van der Waals surface area contributed by atoms with Crippen LogP contribution in [0.1, 0.15) is 44.2 Å². The van der Waals surface area contributed by atoms with Gasteiger partial charge < -0.3 is 10.4 Å². The maximum atomic E-state index is 10.2. The molecule has 1 aliphatic heterocycles. The van der Waals surface area contributed by atoms with Gasteiger partial charge in [0.1, 0.15) is 11.9 Å². The van der Waals surface area contributed by atoms with E-state index in [1.165, 1.54) is 6.42 Å². The normalized spacial score (nSPS) is 26.7. The van der Waals surface area contributed by atoms with Crippen LogP contribution in [0.5, 0.6) is 0 Å². The number of hydrogen-bond donors (Lipinski definition) is 2. The number of likely N-dealkylation sites (tertiary alicyclic amines) is 1. The van der Waals surface area contributed by atoms with E-state index in [2.05, 4.69) is 15.2 Å². The summed E-state index contributed by atoms with van der Waals surface area (Å²) in [5.74, 6) is 0.710. The van der Waals surface area contributed by atoms with Crippen LogP contribution in [0.2, 0.25) is 5.02 Å². The van der Waals surface area contributed by atoms with Crippen molar-refractivity contribution in [3.63, 3.8) is 0 Å². The van der Waals surface area contributed by atoms with Crippen molar-refractivity contribution in [2.45, 2.75) is 56.7 Å². The van der Waals surface area contributed by atoms with Crippen LogP contribution in [-0.4, -0.2) is 46.3 Å². The van der Waals surface area contributed by atoms with E-state index in [1.807, 2.05) is 12.1 Å². The maximum absolute atomic E-state index is 10.2. The van der Waals surface area contributed by atoms with Crippen molar-refractivity contribution in [1.82, 2.24) is 9.88 Å². The monoisotopic (exact) mass is 334 g/mol. The number of rotatable bonds is 3. The van der Waals surface area contributed by atoms with E-state index >= 15 is 0 Å². The molecule has 1 saturated heterocycles. The standard InChI is InChI=1S/C17H23ClN4O/c18-13-5-6-17(21-14(13)11-19)20-12-7-9-22(10-8-12)15-3-1-2-4-16(15)23/h5-6,12,15-16,23H,1-4,7-10H2,(H,20,21). The molecule has 2 aliphatic rings. The molecule has 1 aromatic heterocycles. The third kappa shape index (κ3) is 3.95. The SMILES string of the molecule is N#Cc1nc(NC2CCN(C3CCCCC3O)CC2)ccc1Cl. The second-order valence-corrected chi connectivity index (χ2v) is 6.92. The van der Waals surface area contributed by atoms with Gasteiger partial charge >= 0.3 is 0 Å². The molecule has 0 bridgehead atoms. The van der Waals surface area contributed by atoms with Crippen LogP contribution in [0.15, 0.2) is 12.1 Å². The number of halogens is 1. The largest absolute Gasteiger partial charge is 0.391 e. The summed E-state index contributed by atoms with van der Waals surface area (Å²) < 4.78 is 0. The summed E-state index contributed by atoms with van der Waals surface area (Å²) in [6.45, 7) is 2.00. The fraction of sp³-hybridized carbons (Fsp3) is 0.647. The van der Waals surface area contributed by atoms with Crippen LogP contribution in [0.4, 0.5) is 5.82 Å². The van der Waals surface area contributed by atoms with E-state index in [0.717, 1.165) is 45.2 Å². The quantitative estimate of drug-likeness (QED) is 0.889. The Bertz CT molecular complexity index is 580. The van der Waals surface area contributed by atoms with Crippen molar-refractivity contribution in [1.29, 1.82) is 5.26 Å². The molecule has 0 aromatic carbocycles. The van der Waals surface area contributed by atoms with Crippen LogP contribution in [0, 0.1) is 11.3 Å². The summed E-state index contributed by atoms with van der Waals surface area (Å²) in [5, 5.41) is 23.0. The average molecular weight is 335 g/mol. The zero-order chi connectivity index (χ0) is 16.2. The molecule has 1 saturated carbocycles. The van der Waals surface area contributed by atoms with Crippen molar-refractivity contribution in [3.05, 3.63) is 22.8 Å². The molecule has 2 fully saturated rings. The molecule has 1 aromatic rings. The highest BCUT2D eigenvalue weighted by molar-refractivity contribution is 6.31. The molecule has 23 heavy (non-hydrogen) atoms. The molecule has 5 nitrogen and oxygen atoms in total.